The molecular formula is C19H17NO5. The summed E-state index contributed by atoms with van der Waals surface area (Å²) in [7, 11) is 1.52. The van der Waals surface area contributed by atoms with Gasteiger partial charge in [-0.15, -0.1) is 0 Å². The van der Waals surface area contributed by atoms with Crippen molar-refractivity contribution in [3.8, 4) is 11.5 Å². The van der Waals surface area contributed by atoms with Crippen LogP contribution in [0, 0.1) is 0 Å². The molecule has 0 aromatic heterocycles. The first-order chi connectivity index (χ1) is 11.9. The molecule has 0 aliphatic carbocycles. The van der Waals surface area contributed by atoms with Crippen molar-refractivity contribution in [2.45, 2.75) is 13.0 Å². The van der Waals surface area contributed by atoms with Crippen LogP contribution in [0.4, 0.5) is 5.69 Å². The van der Waals surface area contributed by atoms with Gasteiger partial charge in [0.25, 0.3) is 5.91 Å². The number of benzene rings is 2. The largest absolute Gasteiger partial charge is 0.508 e. The summed E-state index contributed by atoms with van der Waals surface area (Å²) in [6, 6.07) is 12.2. The van der Waals surface area contributed by atoms with Gasteiger partial charge in [-0.2, -0.15) is 0 Å². The number of carbonyl (C=O) groups is 2. The van der Waals surface area contributed by atoms with Gasteiger partial charge in [-0.05, 0) is 48.9 Å². The Balaban J connectivity index is 2.17. The van der Waals surface area contributed by atoms with E-state index in [-0.39, 0.29) is 17.1 Å². The molecule has 1 aliphatic heterocycles. The van der Waals surface area contributed by atoms with Crippen molar-refractivity contribution in [2.24, 2.45) is 0 Å². The molecule has 1 aliphatic rings. The summed E-state index contributed by atoms with van der Waals surface area (Å²) in [6.45, 7) is 1.31. The highest BCUT2D eigenvalue weighted by Gasteiger charge is 2.43. The summed E-state index contributed by atoms with van der Waals surface area (Å²) in [5, 5.41) is 19.7. The van der Waals surface area contributed by atoms with E-state index in [1.165, 1.54) is 31.1 Å². The number of carbonyl (C=O) groups excluding carboxylic acids is 2. The van der Waals surface area contributed by atoms with Crippen LogP contribution in [-0.2, 0) is 9.59 Å². The molecule has 6 nitrogen and oxygen atoms in total. The number of aliphatic hydroxyl groups excluding tert-OH is 1. The first kappa shape index (κ1) is 16.6. The van der Waals surface area contributed by atoms with Crippen molar-refractivity contribution < 1.29 is 24.5 Å². The van der Waals surface area contributed by atoms with E-state index in [1.54, 1.807) is 36.4 Å². The Hall–Kier alpha value is -3.28. The van der Waals surface area contributed by atoms with E-state index in [0.29, 0.717) is 17.0 Å². The lowest BCUT2D eigenvalue weighted by molar-refractivity contribution is -0.117. The van der Waals surface area contributed by atoms with E-state index in [9.17, 15) is 19.8 Å². The molecule has 0 bridgehead atoms. The van der Waals surface area contributed by atoms with Crippen molar-refractivity contribution in [1.29, 1.82) is 0 Å². The van der Waals surface area contributed by atoms with E-state index < -0.39 is 17.7 Å². The average Bonchev–Trinajstić information content (AvgIpc) is 2.87. The van der Waals surface area contributed by atoms with Crippen molar-refractivity contribution in [3.05, 3.63) is 65.4 Å². The maximum atomic E-state index is 12.6. The third-order valence-electron chi connectivity index (χ3n) is 4.12. The molecule has 25 heavy (non-hydrogen) atoms. The molecule has 2 aromatic rings. The van der Waals surface area contributed by atoms with Gasteiger partial charge in [0.15, 0.2) is 11.5 Å². The fourth-order valence-corrected chi connectivity index (χ4v) is 2.97. The van der Waals surface area contributed by atoms with Crippen molar-refractivity contribution >= 4 is 17.4 Å². The summed E-state index contributed by atoms with van der Waals surface area (Å²) in [4.78, 5) is 26.1. The second-order valence-corrected chi connectivity index (χ2v) is 5.69. The standard InChI is InChI=1S/C19H17NO5/c1-11(21)16-17(12-4-3-5-15(10-12)25-2)20(19(24)18(16)23)13-6-8-14(22)9-7-13/h3-10,17,22-23H,1-2H3/t17-/m1/s1. The molecule has 0 saturated heterocycles. The molecule has 2 N–H and O–H groups in total. The van der Waals surface area contributed by atoms with Gasteiger partial charge in [-0.3, -0.25) is 14.5 Å². The van der Waals surface area contributed by atoms with Gasteiger partial charge in [-0.25, -0.2) is 0 Å². The molecule has 1 amide bonds. The highest BCUT2D eigenvalue weighted by Crippen LogP contribution is 2.41. The summed E-state index contributed by atoms with van der Waals surface area (Å²) in [6.07, 6.45) is 0. The quantitative estimate of drug-likeness (QED) is 0.894. The summed E-state index contributed by atoms with van der Waals surface area (Å²) < 4.78 is 5.22. The number of ketones is 1. The number of aromatic hydroxyl groups is 1. The number of phenols is 1. The molecule has 3 rings (SSSR count). The van der Waals surface area contributed by atoms with Gasteiger partial charge < -0.3 is 14.9 Å². The summed E-state index contributed by atoms with van der Waals surface area (Å²) in [5.74, 6) is -0.987. The third kappa shape index (κ3) is 2.82. The summed E-state index contributed by atoms with van der Waals surface area (Å²) >= 11 is 0. The van der Waals surface area contributed by atoms with Gasteiger partial charge in [0.2, 0.25) is 0 Å². The number of methoxy groups -OCH3 is 1. The van der Waals surface area contributed by atoms with E-state index in [2.05, 4.69) is 0 Å². The summed E-state index contributed by atoms with van der Waals surface area (Å²) in [5.41, 5.74) is 1.12. The normalized spacial score (nSPS) is 17.1. The number of hydrogen-bond donors (Lipinski definition) is 2. The second kappa shape index (κ2) is 6.32. The van der Waals surface area contributed by atoms with Gasteiger partial charge in [0, 0.05) is 5.69 Å². The number of aliphatic hydroxyl groups is 1. The van der Waals surface area contributed by atoms with Gasteiger partial charge in [0.05, 0.1) is 18.7 Å². The first-order valence-corrected chi connectivity index (χ1v) is 7.64. The number of phenolic OH excluding ortho intramolecular Hbond substituents is 1. The van der Waals surface area contributed by atoms with Crippen LogP contribution in [0.2, 0.25) is 0 Å². The first-order valence-electron chi connectivity index (χ1n) is 7.64. The molecule has 1 heterocycles. The van der Waals surface area contributed by atoms with Crippen LogP contribution in [0.15, 0.2) is 59.9 Å². The molecule has 0 saturated carbocycles. The lowest BCUT2D eigenvalue weighted by atomic mass is 9.96. The molecule has 0 fully saturated rings. The van der Waals surface area contributed by atoms with Gasteiger partial charge in [0.1, 0.15) is 11.5 Å². The average molecular weight is 339 g/mol. The van der Waals surface area contributed by atoms with Crippen molar-refractivity contribution in [2.75, 3.05) is 12.0 Å². The SMILES string of the molecule is COc1cccc([C@@H]2C(C(C)=O)=C(O)C(=O)N2c2ccc(O)cc2)c1. The van der Waals surface area contributed by atoms with Gasteiger partial charge >= 0.3 is 0 Å². The van der Waals surface area contributed by atoms with Crippen LogP contribution in [0.25, 0.3) is 0 Å². The minimum Gasteiger partial charge on any atom is -0.508 e. The Morgan fingerprint density at radius 1 is 1.12 bits per heavy atom. The lowest BCUT2D eigenvalue weighted by Crippen LogP contribution is -2.30. The number of rotatable bonds is 4. The van der Waals surface area contributed by atoms with E-state index in [1.807, 2.05) is 0 Å². The number of Topliss-reactive ketones (excluding diaryl/α,β-unsaturated/α-hetero) is 1. The highest BCUT2D eigenvalue weighted by molar-refractivity contribution is 6.16. The maximum absolute atomic E-state index is 12.6. The van der Waals surface area contributed by atoms with Gasteiger partial charge in [-0.1, -0.05) is 12.1 Å². The van der Waals surface area contributed by atoms with Crippen molar-refractivity contribution in [3.63, 3.8) is 0 Å². The molecule has 128 valence electrons. The minimum absolute atomic E-state index is 0.0336. The van der Waals surface area contributed by atoms with E-state index in [4.69, 9.17) is 4.74 Å². The predicted octanol–water partition coefficient (Wildman–Crippen LogP) is 2.89. The van der Waals surface area contributed by atoms with Crippen LogP contribution in [-0.4, -0.2) is 29.0 Å². The Morgan fingerprint density at radius 2 is 1.80 bits per heavy atom. The van der Waals surface area contributed by atoms with Crippen LogP contribution >= 0.6 is 0 Å². The predicted molar refractivity (Wildman–Crippen MR) is 91.7 cm³/mol. The molecule has 1 atom stereocenters. The number of anilines is 1. The number of hydrogen-bond acceptors (Lipinski definition) is 5. The monoisotopic (exact) mass is 339 g/mol. The van der Waals surface area contributed by atoms with Crippen molar-refractivity contribution in [1.82, 2.24) is 0 Å². The second-order valence-electron chi connectivity index (χ2n) is 5.69. The van der Waals surface area contributed by atoms with Crippen LogP contribution in [0.5, 0.6) is 11.5 Å². The molecule has 0 unspecified atom stereocenters. The number of ether oxygens (including phenoxy) is 1. The Morgan fingerprint density at radius 3 is 2.40 bits per heavy atom. The fraction of sp³-hybridized carbons (Fsp3) is 0.158. The van der Waals surface area contributed by atoms with E-state index in [0.717, 1.165) is 0 Å². The van der Waals surface area contributed by atoms with Crippen LogP contribution < -0.4 is 9.64 Å². The Kier molecular flexibility index (Phi) is 4.19. The van der Waals surface area contributed by atoms with Crippen LogP contribution in [0.1, 0.15) is 18.5 Å². The Bertz CT molecular complexity index is 870. The zero-order valence-electron chi connectivity index (χ0n) is 13.8. The number of nitrogens with zero attached hydrogens (tertiary/aromatic N) is 1. The smallest absolute Gasteiger partial charge is 0.294 e. The molecule has 2 aromatic carbocycles. The topological polar surface area (TPSA) is 87.1 Å². The lowest BCUT2D eigenvalue weighted by Gasteiger charge is -2.27. The van der Waals surface area contributed by atoms with Crippen LogP contribution in [0.3, 0.4) is 0 Å². The highest BCUT2D eigenvalue weighted by atomic mass is 16.5. The maximum Gasteiger partial charge on any atom is 0.294 e. The molecular weight excluding hydrogens is 322 g/mol. The Labute approximate surface area is 144 Å². The fourth-order valence-electron chi connectivity index (χ4n) is 2.97. The minimum atomic E-state index is -0.773. The zero-order valence-corrected chi connectivity index (χ0v) is 13.8. The molecule has 0 spiro atoms. The third-order valence-corrected chi connectivity index (χ3v) is 4.12. The number of amides is 1. The van der Waals surface area contributed by atoms with E-state index >= 15 is 0 Å². The molecule has 6 heteroatoms. The molecule has 0 radical (unpaired) electrons. The zero-order chi connectivity index (χ0) is 18.1.